The van der Waals surface area contributed by atoms with Crippen molar-refractivity contribution in [3.8, 4) is 22.8 Å². The molecule has 1 fully saturated rings. The molecule has 1 atom stereocenters. The van der Waals surface area contributed by atoms with Gasteiger partial charge in [0.2, 0.25) is 0 Å². The van der Waals surface area contributed by atoms with E-state index in [2.05, 4.69) is 15.4 Å². The van der Waals surface area contributed by atoms with Gasteiger partial charge in [-0.3, -0.25) is 4.79 Å². The minimum atomic E-state index is -0.518. The zero-order valence-electron chi connectivity index (χ0n) is 16.7. The van der Waals surface area contributed by atoms with Gasteiger partial charge < -0.3 is 20.8 Å². The highest BCUT2D eigenvalue weighted by atomic mass is 16.5. The number of nitrogens with one attached hydrogen (secondary N) is 2. The quantitative estimate of drug-likeness (QED) is 0.476. The maximum Gasteiger partial charge on any atom is 0.269 e. The number of H-pyrrole nitrogens is 1. The van der Waals surface area contributed by atoms with Crippen molar-refractivity contribution in [1.82, 2.24) is 19.9 Å². The van der Waals surface area contributed by atoms with E-state index in [1.807, 2.05) is 61.7 Å². The predicted octanol–water partition coefficient (Wildman–Crippen LogP) is 3.61. The van der Waals surface area contributed by atoms with Crippen LogP contribution < -0.4 is 15.8 Å². The van der Waals surface area contributed by atoms with E-state index < -0.39 is 5.91 Å². The van der Waals surface area contributed by atoms with E-state index in [4.69, 9.17) is 10.5 Å². The summed E-state index contributed by atoms with van der Waals surface area (Å²) in [6.07, 6.45) is 2.88. The van der Waals surface area contributed by atoms with Crippen LogP contribution in [-0.2, 0) is 0 Å². The smallest absolute Gasteiger partial charge is 0.269 e. The van der Waals surface area contributed by atoms with Crippen molar-refractivity contribution in [2.45, 2.75) is 19.3 Å². The lowest BCUT2D eigenvalue weighted by Gasteiger charge is -2.07. The van der Waals surface area contributed by atoms with Crippen LogP contribution in [0.2, 0.25) is 0 Å². The first-order valence-corrected chi connectivity index (χ1v) is 10.1. The second-order valence-electron chi connectivity index (χ2n) is 7.70. The predicted molar refractivity (Wildman–Crippen MR) is 115 cm³/mol. The Morgan fingerprint density at radius 1 is 1.13 bits per heavy atom. The Hall–Kier alpha value is -3.58. The molecule has 0 aliphatic carbocycles. The van der Waals surface area contributed by atoms with Gasteiger partial charge >= 0.3 is 0 Å². The molecule has 1 saturated heterocycles. The summed E-state index contributed by atoms with van der Waals surface area (Å²) in [5.74, 6) is 1.35. The number of imidazole rings is 1. The molecule has 5 rings (SSSR count). The number of fused-ring (bicyclic) bond motifs is 1. The SMILES string of the molecule is Cc1ccc(Oc2ccc(-c3[nH]c4c(C5CCNC5)cnn4c3C(N)=O)cc2)cc1. The molecular formula is C23H23N5O2. The molecule has 30 heavy (non-hydrogen) atoms. The van der Waals surface area contributed by atoms with E-state index in [0.717, 1.165) is 47.8 Å². The fourth-order valence-electron chi connectivity index (χ4n) is 4.03. The lowest BCUT2D eigenvalue weighted by atomic mass is 10.0. The van der Waals surface area contributed by atoms with Gasteiger partial charge in [0.15, 0.2) is 5.69 Å². The third-order valence-corrected chi connectivity index (χ3v) is 5.62. The number of carbonyl (C=O) groups excluding carboxylic acids is 1. The highest BCUT2D eigenvalue weighted by Crippen LogP contribution is 2.32. The first-order chi connectivity index (χ1) is 14.6. The van der Waals surface area contributed by atoms with Crippen LogP contribution in [0.15, 0.2) is 54.7 Å². The molecule has 7 heteroatoms. The lowest BCUT2D eigenvalue weighted by molar-refractivity contribution is 0.0994. The van der Waals surface area contributed by atoms with Crippen LogP contribution in [0, 0.1) is 6.92 Å². The van der Waals surface area contributed by atoms with Crippen molar-refractivity contribution in [1.29, 1.82) is 0 Å². The molecule has 4 N–H and O–H groups in total. The molecule has 7 nitrogen and oxygen atoms in total. The summed E-state index contributed by atoms with van der Waals surface area (Å²) in [7, 11) is 0. The largest absolute Gasteiger partial charge is 0.457 e. The number of ether oxygens (including phenoxy) is 1. The summed E-state index contributed by atoms with van der Waals surface area (Å²) < 4.78 is 7.53. The molecule has 1 amide bonds. The maximum absolute atomic E-state index is 12.2. The maximum atomic E-state index is 12.2. The molecule has 0 spiro atoms. The number of rotatable bonds is 5. The van der Waals surface area contributed by atoms with E-state index in [1.165, 1.54) is 5.56 Å². The molecule has 2 aromatic heterocycles. The number of aromatic amines is 1. The topological polar surface area (TPSA) is 97.4 Å². The monoisotopic (exact) mass is 401 g/mol. The Kier molecular flexibility index (Phi) is 4.52. The molecule has 1 unspecified atom stereocenters. The van der Waals surface area contributed by atoms with Crippen LogP contribution >= 0.6 is 0 Å². The van der Waals surface area contributed by atoms with E-state index >= 15 is 0 Å². The van der Waals surface area contributed by atoms with Crippen LogP contribution in [0.3, 0.4) is 0 Å². The number of amides is 1. The number of aromatic nitrogens is 3. The van der Waals surface area contributed by atoms with Crippen molar-refractivity contribution >= 4 is 11.6 Å². The Balaban J connectivity index is 1.49. The highest BCUT2D eigenvalue weighted by molar-refractivity contribution is 5.98. The average Bonchev–Trinajstić information content (AvgIpc) is 3.46. The van der Waals surface area contributed by atoms with Crippen LogP contribution in [0.1, 0.15) is 34.0 Å². The minimum Gasteiger partial charge on any atom is -0.457 e. The molecule has 3 heterocycles. The van der Waals surface area contributed by atoms with Gasteiger partial charge in [0, 0.05) is 23.6 Å². The minimum absolute atomic E-state index is 0.356. The molecule has 0 saturated carbocycles. The van der Waals surface area contributed by atoms with Crippen LogP contribution in [0.4, 0.5) is 0 Å². The summed E-state index contributed by atoms with van der Waals surface area (Å²) in [5.41, 5.74) is 10.7. The first kappa shape index (κ1) is 18.4. The van der Waals surface area contributed by atoms with Gasteiger partial charge in [-0.25, -0.2) is 4.52 Å². The normalized spacial score (nSPS) is 16.2. The third kappa shape index (κ3) is 3.23. The van der Waals surface area contributed by atoms with Gasteiger partial charge in [-0.1, -0.05) is 17.7 Å². The Bertz CT molecular complexity index is 1200. The van der Waals surface area contributed by atoms with E-state index in [-0.39, 0.29) is 0 Å². The molecule has 1 aliphatic rings. The molecule has 1 aliphatic heterocycles. The molecule has 152 valence electrons. The summed E-state index contributed by atoms with van der Waals surface area (Å²) >= 11 is 0. The second kappa shape index (κ2) is 7.35. The average molecular weight is 401 g/mol. The van der Waals surface area contributed by atoms with Crippen molar-refractivity contribution in [3.63, 3.8) is 0 Å². The second-order valence-corrected chi connectivity index (χ2v) is 7.70. The summed E-state index contributed by atoms with van der Waals surface area (Å²) in [4.78, 5) is 15.6. The molecular weight excluding hydrogens is 378 g/mol. The number of carbonyl (C=O) groups is 1. The fourth-order valence-corrected chi connectivity index (χ4v) is 4.03. The summed E-state index contributed by atoms with van der Waals surface area (Å²) in [6, 6.07) is 15.5. The number of nitrogens with two attached hydrogens (primary N) is 1. The van der Waals surface area contributed by atoms with Gasteiger partial charge in [-0.05, 0) is 56.3 Å². The number of nitrogens with zero attached hydrogens (tertiary/aromatic N) is 2. The molecule has 2 aromatic carbocycles. The van der Waals surface area contributed by atoms with Crippen LogP contribution in [-0.4, -0.2) is 33.6 Å². The van der Waals surface area contributed by atoms with Crippen LogP contribution in [0.25, 0.3) is 16.9 Å². The fraction of sp³-hybridized carbons (Fsp3) is 0.217. The first-order valence-electron chi connectivity index (χ1n) is 10.1. The zero-order chi connectivity index (χ0) is 20.7. The lowest BCUT2D eigenvalue weighted by Crippen LogP contribution is -2.15. The molecule has 4 aromatic rings. The molecule has 0 radical (unpaired) electrons. The highest BCUT2D eigenvalue weighted by Gasteiger charge is 2.26. The Labute approximate surface area is 173 Å². The standard InChI is InChI=1S/C23H23N5O2/c1-14-2-6-17(7-3-14)30-18-8-4-15(5-9-18)20-21(22(24)29)28-23(27-20)19(13-26-28)16-10-11-25-12-16/h2-9,13,16,25,27H,10-12H2,1H3,(H2,24,29). The van der Waals surface area contributed by atoms with Gasteiger partial charge in [0.25, 0.3) is 5.91 Å². The van der Waals surface area contributed by atoms with E-state index in [1.54, 1.807) is 4.52 Å². The van der Waals surface area contributed by atoms with Gasteiger partial charge in [-0.15, -0.1) is 0 Å². The third-order valence-electron chi connectivity index (χ3n) is 5.62. The van der Waals surface area contributed by atoms with E-state index in [9.17, 15) is 4.79 Å². The number of benzene rings is 2. The number of aryl methyl sites for hydroxylation is 1. The Morgan fingerprint density at radius 2 is 1.83 bits per heavy atom. The van der Waals surface area contributed by atoms with Gasteiger partial charge in [0.1, 0.15) is 17.1 Å². The zero-order valence-corrected chi connectivity index (χ0v) is 16.7. The van der Waals surface area contributed by atoms with Crippen molar-refractivity contribution in [3.05, 3.63) is 71.5 Å². The Morgan fingerprint density at radius 3 is 2.47 bits per heavy atom. The summed E-state index contributed by atoms with van der Waals surface area (Å²) in [5, 5.41) is 7.82. The van der Waals surface area contributed by atoms with Gasteiger partial charge in [-0.2, -0.15) is 5.10 Å². The van der Waals surface area contributed by atoms with Crippen molar-refractivity contribution < 1.29 is 9.53 Å². The number of hydrogen-bond donors (Lipinski definition) is 3. The van der Waals surface area contributed by atoms with Gasteiger partial charge in [0.05, 0.1) is 11.9 Å². The number of hydrogen-bond acceptors (Lipinski definition) is 4. The van der Waals surface area contributed by atoms with Crippen molar-refractivity contribution in [2.75, 3.05) is 13.1 Å². The number of primary amides is 1. The van der Waals surface area contributed by atoms with Crippen LogP contribution in [0.5, 0.6) is 11.5 Å². The van der Waals surface area contributed by atoms with E-state index in [0.29, 0.717) is 17.3 Å². The van der Waals surface area contributed by atoms with Crippen molar-refractivity contribution in [2.24, 2.45) is 5.73 Å². The molecule has 0 bridgehead atoms. The summed E-state index contributed by atoms with van der Waals surface area (Å²) in [6.45, 7) is 3.93.